The van der Waals surface area contributed by atoms with Crippen LogP contribution in [0.2, 0.25) is 0 Å². The quantitative estimate of drug-likeness (QED) is 0.0653. The molecule has 0 saturated heterocycles. The van der Waals surface area contributed by atoms with Crippen molar-refractivity contribution in [3.8, 4) is 0 Å². The van der Waals surface area contributed by atoms with Crippen LogP contribution in [0.5, 0.6) is 0 Å². The van der Waals surface area contributed by atoms with Gasteiger partial charge in [-0.3, -0.25) is 27.6 Å². The first-order chi connectivity index (χ1) is 16.8. The normalized spacial score (nSPS) is 16.1. The van der Waals surface area contributed by atoms with E-state index in [9.17, 15) is 36.7 Å². The summed E-state index contributed by atoms with van der Waals surface area (Å²) in [5, 5.41) is 0. The first-order valence-corrected chi connectivity index (χ1v) is 17.6. The molecule has 0 radical (unpaired) electrons. The summed E-state index contributed by atoms with van der Waals surface area (Å²) >= 11 is -5.02. The zero-order valence-corrected chi connectivity index (χ0v) is 24.8. The summed E-state index contributed by atoms with van der Waals surface area (Å²) in [6, 6.07) is 0. The highest BCUT2D eigenvalue weighted by Gasteiger charge is 2.29. The topological polar surface area (TPSA) is 185 Å². The van der Waals surface area contributed by atoms with E-state index in [2.05, 4.69) is 0 Å². The highest BCUT2D eigenvalue weighted by Crippen LogP contribution is 2.30. The second-order valence-corrected chi connectivity index (χ2v) is 13.9. The zero-order chi connectivity index (χ0) is 27.7. The number of hydrogen-bond donors (Lipinski definition) is 0. The fourth-order valence-electron chi connectivity index (χ4n) is 2.41. The average molecular weight is 629 g/mol. The van der Waals surface area contributed by atoms with E-state index in [1.54, 1.807) is 0 Å². The maximum Gasteiger partial charge on any atom is 0.303 e. The largest absolute Gasteiger partial charge is 0.772 e. The molecule has 12 nitrogen and oxygen atoms in total. The minimum absolute atomic E-state index is 0.183. The molecular formula is C18H28O12S6-2. The van der Waals surface area contributed by atoms with Crippen molar-refractivity contribution in [2.24, 2.45) is 0 Å². The Kier molecular flexibility index (Phi) is 20.2. The summed E-state index contributed by atoms with van der Waals surface area (Å²) in [7, 11) is 5.45. The second kappa shape index (κ2) is 20.5. The van der Waals surface area contributed by atoms with Crippen LogP contribution < -0.4 is 0 Å². The van der Waals surface area contributed by atoms with Gasteiger partial charge in [0.1, 0.15) is 24.4 Å². The van der Waals surface area contributed by atoms with Crippen molar-refractivity contribution >= 4 is 89.2 Å². The summed E-state index contributed by atoms with van der Waals surface area (Å²) in [5.74, 6) is -2.07. The molecule has 36 heavy (non-hydrogen) atoms. The third-order valence-electron chi connectivity index (χ3n) is 3.58. The fourth-order valence-corrected chi connectivity index (χ4v) is 8.63. The molecule has 0 fully saturated rings. The highest BCUT2D eigenvalue weighted by atomic mass is 33.1. The van der Waals surface area contributed by atoms with Gasteiger partial charge >= 0.3 is 23.9 Å². The molecule has 0 spiro atoms. The molecular weight excluding hydrogens is 601 g/mol. The van der Waals surface area contributed by atoms with E-state index in [4.69, 9.17) is 18.9 Å². The summed E-state index contributed by atoms with van der Waals surface area (Å²) in [4.78, 5) is 45.4. The summed E-state index contributed by atoms with van der Waals surface area (Å²) in [6.45, 7) is 4.59. The van der Waals surface area contributed by atoms with Crippen molar-refractivity contribution in [2.45, 2.75) is 52.1 Å². The van der Waals surface area contributed by atoms with Gasteiger partial charge in [-0.25, -0.2) is 0 Å². The Hall–Kier alpha value is -0.500. The van der Waals surface area contributed by atoms with Crippen LogP contribution in [0.3, 0.4) is 0 Å². The monoisotopic (exact) mass is 628 g/mol. The van der Waals surface area contributed by atoms with Gasteiger partial charge in [-0.1, -0.05) is 65.3 Å². The van der Waals surface area contributed by atoms with Crippen LogP contribution in [0, 0.1) is 0 Å². The van der Waals surface area contributed by atoms with Gasteiger partial charge < -0.3 is 28.1 Å². The molecule has 0 aromatic carbocycles. The fraction of sp³-hybridized carbons (Fsp3) is 0.778. The van der Waals surface area contributed by atoms with E-state index in [1.807, 2.05) is 0 Å². The van der Waals surface area contributed by atoms with E-state index < -0.39 is 82.0 Å². The van der Waals surface area contributed by atoms with Crippen LogP contribution in [0.4, 0.5) is 0 Å². The van der Waals surface area contributed by atoms with Crippen molar-refractivity contribution in [2.75, 3.05) is 34.5 Å². The predicted octanol–water partition coefficient (Wildman–Crippen LogP) is 1.23. The Balaban J connectivity index is 4.64. The third-order valence-corrected chi connectivity index (χ3v) is 9.86. The zero-order valence-electron chi connectivity index (χ0n) is 19.9. The number of rotatable bonds is 19. The Labute approximate surface area is 230 Å². The van der Waals surface area contributed by atoms with Crippen molar-refractivity contribution in [3.05, 3.63) is 0 Å². The van der Waals surface area contributed by atoms with Crippen LogP contribution in [0.15, 0.2) is 0 Å². The Bertz CT molecular complexity index is 673. The predicted molar refractivity (Wildman–Crippen MR) is 140 cm³/mol. The van der Waals surface area contributed by atoms with Crippen LogP contribution in [-0.4, -0.2) is 100 Å². The minimum Gasteiger partial charge on any atom is -0.772 e. The van der Waals surface area contributed by atoms with Gasteiger partial charge in [-0.15, -0.1) is 0 Å². The number of hydrogen-bond acceptors (Lipinski definition) is 16. The first kappa shape index (κ1) is 35.5. The van der Waals surface area contributed by atoms with E-state index in [-0.39, 0.29) is 11.5 Å². The summed E-state index contributed by atoms with van der Waals surface area (Å²) in [5.41, 5.74) is 0. The smallest absolute Gasteiger partial charge is 0.303 e. The molecule has 6 atom stereocenters. The molecule has 0 saturated carbocycles. The number of carbonyl (C=O) groups is 4. The van der Waals surface area contributed by atoms with Gasteiger partial charge in [0, 0.05) is 50.7 Å². The van der Waals surface area contributed by atoms with E-state index >= 15 is 0 Å². The standard InChI is InChI=1S/C18H30O12S6/c1-11(19)27-15(17(9-35(23)24)29-13(3)21)7-33-31-5-6-32-34-8-16(28-12(2)20)18(10-36(25)26)30-14(4)22/h15-18H,5-10H2,1-4H3,(H,23,24)(H,25,26)/p-2/t15-,16-,17-,18-/m0/s1. The van der Waals surface area contributed by atoms with E-state index in [1.165, 1.54) is 57.0 Å². The number of esters is 4. The van der Waals surface area contributed by atoms with Crippen LogP contribution in [-0.2, 0) is 60.3 Å². The van der Waals surface area contributed by atoms with Crippen molar-refractivity contribution in [3.63, 3.8) is 0 Å². The molecule has 210 valence electrons. The Morgan fingerprint density at radius 3 is 1.11 bits per heavy atom. The second-order valence-electron chi connectivity index (χ2n) is 6.75. The molecule has 0 aliphatic carbocycles. The molecule has 0 bridgehead atoms. The number of carbonyl (C=O) groups excluding carboxylic acids is 4. The highest BCUT2D eigenvalue weighted by molar-refractivity contribution is 8.78. The molecule has 18 heteroatoms. The van der Waals surface area contributed by atoms with Gasteiger partial charge in [0.25, 0.3) is 0 Å². The molecule has 0 rings (SSSR count). The lowest BCUT2D eigenvalue weighted by Gasteiger charge is -2.26. The van der Waals surface area contributed by atoms with Gasteiger partial charge in [0.05, 0.1) is 11.5 Å². The number of ether oxygens (including phenoxy) is 4. The lowest BCUT2D eigenvalue weighted by molar-refractivity contribution is -0.161. The molecule has 0 amide bonds. The molecule has 0 N–H and O–H groups in total. The Morgan fingerprint density at radius 2 is 0.861 bits per heavy atom. The summed E-state index contributed by atoms with van der Waals surface area (Å²) < 4.78 is 64.6. The molecule has 0 aromatic rings. The molecule has 0 heterocycles. The first-order valence-electron chi connectivity index (χ1n) is 10.1. The average Bonchev–Trinajstić information content (AvgIpc) is 2.71. The SMILES string of the molecule is CC(=O)O[C@@H](CSSCCSSC[C@H](OC(C)=O)[C@H](CS(=O)[O-])OC(C)=O)[C@H](CS(=O)[O-])OC(C)=O. The molecule has 0 aliphatic heterocycles. The molecule has 2 unspecified atom stereocenters. The van der Waals surface area contributed by atoms with Crippen LogP contribution in [0.25, 0.3) is 0 Å². The summed E-state index contributed by atoms with van der Waals surface area (Å²) in [6.07, 6.45) is -4.15. The van der Waals surface area contributed by atoms with Crippen molar-refractivity contribution < 1.29 is 55.6 Å². The van der Waals surface area contributed by atoms with Gasteiger partial charge in [0.2, 0.25) is 0 Å². The molecule has 0 aromatic heterocycles. The van der Waals surface area contributed by atoms with Crippen LogP contribution >= 0.6 is 43.2 Å². The maximum absolute atomic E-state index is 11.4. The van der Waals surface area contributed by atoms with Gasteiger partial charge in [-0.05, 0) is 0 Å². The lowest BCUT2D eigenvalue weighted by Crippen LogP contribution is -2.40. The third kappa shape index (κ3) is 19.6. The van der Waals surface area contributed by atoms with Crippen molar-refractivity contribution in [1.82, 2.24) is 0 Å². The van der Waals surface area contributed by atoms with Gasteiger partial charge in [-0.2, -0.15) is 0 Å². The molecule has 0 aliphatic rings. The Morgan fingerprint density at radius 1 is 0.583 bits per heavy atom. The maximum atomic E-state index is 11.4. The minimum atomic E-state index is -2.51. The van der Waals surface area contributed by atoms with E-state index in [0.717, 1.165) is 13.8 Å². The lowest BCUT2D eigenvalue weighted by atomic mass is 10.2. The van der Waals surface area contributed by atoms with Crippen LogP contribution in [0.1, 0.15) is 27.7 Å². The van der Waals surface area contributed by atoms with Gasteiger partial charge in [0.15, 0.2) is 0 Å². The van der Waals surface area contributed by atoms with Crippen molar-refractivity contribution in [1.29, 1.82) is 0 Å². The van der Waals surface area contributed by atoms with E-state index in [0.29, 0.717) is 11.5 Å².